The molecule has 0 aromatic carbocycles. The molecule has 0 radical (unpaired) electrons. The van der Waals surface area contributed by atoms with Crippen LogP contribution in [-0.4, -0.2) is 288 Å². The Kier molecular flexibility index (Phi) is 28.9. The summed E-state index contributed by atoms with van der Waals surface area (Å²) in [5, 5.41) is 8.13. The van der Waals surface area contributed by atoms with Gasteiger partial charge in [-0.2, -0.15) is 13.2 Å². The van der Waals surface area contributed by atoms with Gasteiger partial charge in [-0.05, 0) is 120 Å². The molecule has 5 heterocycles. The molecule has 2 saturated carbocycles. The molecule has 11 amide bonds. The highest BCUT2D eigenvalue weighted by molar-refractivity contribution is 6.20. The molecule has 100 heavy (non-hydrogen) atoms. The number of carbonyl (C=O) groups is 11. The average Bonchev–Trinajstić information content (AvgIpc) is 1.38. The van der Waals surface area contributed by atoms with Gasteiger partial charge in [0.2, 0.25) is 65.0 Å². The molecule has 3 N–H and O–H groups in total. The number of hydrogen-bond donors (Lipinski definition) is 3. The molecule has 16 atom stereocenters. The first-order valence-electron chi connectivity index (χ1n) is 36.9. The number of nitrogens with one attached hydrogen (secondary N) is 3. The van der Waals surface area contributed by atoms with Crippen molar-refractivity contribution < 1.29 is 75.4 Å². The summed E-state index contributed by atoms with van der Waals surface area (Å²) in [6.45, 7) is 15.2. The van der Waals surface area contributed by atoms with Crippen LogP contribution in [0.15, 0.2) is 0 Å². The van der Waals surface area contributed by atoms with Crippen LogP contribution in [0.2, 0.25) is 0 Å². The van der Waals surface area contributed by atoms with Crippen molar-refractivity contribution in [2.45, 2.75) is 261 Å². The summed E-state index contributed by atoms with van der Waals surface area (Å²) in [6.07, 6.45) is 0.568. The third-order valence-electron chi connectivity index (χ3n) is 23.1. The van der Waals surface area contributed by atoms with Crippen molar-refractivity contribution in [2.24, 2.45) is 29.6 Å². The molecule has 1 spiro atoms. The number of rotatable bonds is 14. The minimum atomic E-state index is -4.51. The number of fused-ring (bicyclic) bond motifs is 4. The molecule has 7 fully saturated rings. The topological polar surface area (TPSA) is 271 Å². The lowest BCUT2D eigenvalue weighted by Gasteiger charge is -2.45. The van der Waals surface area contributed by atoms with Gasteiger partial charge in [-0.25, -0.2) is 0 Å². The van der Waals surface area contributed by atoms with E-state index in [1.807, 2.05) is 48.5 Å². The number of amides is 11. The van der Waals surface area contributed by atoms with Crippen molar-refractivity contribution in [3.8, 4) is 0 Å². The molecular formula is C71H116ClF3N12O13. The predicted octanol–water partition coefficient (Wildman–Crippen LogP) is 4.79. The van der Waals surface area contributed by atoms with Crippen LogP contribution in [0, 0.1) is 29.6 Å². The van der Waals surface area contributed by atoms with E-state index in [0.717, 1.165) is 4.90 Å². The minimum absolute atomic E-state index is 0.00606. The largest absolute Gasteiger partial charge is 0.393 e. The highest BCUT2D eigenvalue weighted by Gasteiger charge is 2.53. The van der Waals surface area contributed by atoms with Crippen molar-refractivity contribution in [1.82, 2.24) is 60.0 Å². The maximum atomic E-state index is 15.7. The summed E-state index contributed by atoms with van der Waals surface area (Å²) in [5.74, 6) is -9.21. The van der Waals surface area contributed by atoms with Crippen molar-refractivity contribution in [3.05, 3.63) is 0 Å². The van der Waals surface area contributed by atoms with Crippen LogP contribution in [0.25, 0.3) is 0 Å². The number of likely N-dealkylation sites (N-methyl/N-ethyl adjacent to an activating group) is 6. The third-order valence-corrected chi connectivity index (χ3v) is 23.6. The van der Waals surface area contributed by atoms with Crippen molar-refractivity contribution in [3.63, 3.8) is 0 Å². The first kappa shape index (κ1) is 81.4. The van der Waals surface area contributed by atoms with Gasteiger partial charge in [0.25, 0.3) is 0 Å². The third kappa shape index (κ3) is 18.7. The van der Waals surface area contributed by atoms with Crippen molar-refractivity contribution >= 4 is 76.6 Å². The maximum absolute atomic E-state index is 15.7. The van der Waals surface area contributed by atoms with E-state index >= 15 is 28.8 Å². The van der Waals surface area contributed by atoms with Crippen LogP contribution in [0.1, 0.15) is 177 Å². The number of morpholine rings is 1. The molecule has 5 aliphatic heterocycles. The number of ether oxygens (including phenoxy) is 2. The zero-order chi connectivity index (χ0) is 74.0. The second kappa shape index (κ2) is 35.5. The Labute approximate surface area is 595 Å². The molecule has 5 unspecified atom stereocenters. The van der Waals surface area contributed by atoms with Gasteiger partial charge in [-0.1, -0.05) is 74.1 Å². The summed E-state index contributed by atoms with van der Waals surface area (Å²) in [7, 11) is 8.92. The summed E-state index contributed by atoms with van der Waals surface area (Å²) in [5.41, 5.74) is -1.55. The molecule has 7 aliphatic rings. The molecular weight excluding hydrogens is 1320 g/mol. The first-order valence-corrected chi connectivity index (χ1v) is 37.3. The predicted molar refractivity (Wildman–Crippen MR) is 368 cm³/mol. The van der Waals surface area contributed by atoms with E-state index in [9.17, 15) is 37.1 Å². The molecule has 5 saturated heterocycles. The Morgan fingerprint density at radius 2 is 1.34 bits per heavy atom. The Bertz CT molecular complexity index is 2890. The molecule has 29 heteroatoms. The molecule has 2 bridgehead atoms. The van der Waals surface area contributed by atoms with E-state index < -0.39 is 161 Å². The van der Waals surface area contributed by atoms with E-state index in [4.69, 9.17) is 21.1 Å². The molecule has 566 valence electrons. The molecule has 0 aromatic rings. The fourth-order valence-electron chi connectivity index (χ4n) is 16.1. The van der Waals surface area contributed by atoms with Crippen LogP contribution >= 0.6 is 11.6 Å². The number of alkyl halides is 4. The monoisotopic (exact) mass is 1440 g/mol. The van der Waals surface area contributed by atoms with Gasteiger partial charge in [0.1, 0.15) is 47.8 Å². The van der Waals surface area contributed by atoms with Crippen LogP contribution < -0.4 is 16.0 Å². The average molecular weight is 1440 g/mol. The summed E-state index contributed by atoms with van der Waals surface area (Å²) < 4.78 is 53.8. The van der Waals surface area contributed by atoms with Gasteiger partial charge in [0.05, 0.1) is 56.8 Å². The zero-order valence-corrected chi connectivity index (χ0v) is 62.5. The molecule has 0 aromatic heterocycles. The van der Waals surface area contributed by atoms with E-state index in [-0.39, 0.29) is 134 Å². The van der Waals surface area contributed by atoms with Crippen molar-refractivity contribution in [2.75, 3.05) is 94.9 Å². The number of hydrogen-bond acceptors (Lipinski definition) is 14. The Morgan fingerprint density at radius 3 is 1.92 bits per heavy atom. The second-order valence-electron chi connectivity index (χ2n) is 30.3. The molecule has 7 rings (SSSR count). The van der Waals surface area contributed by atoms with Gasteiger partial charge in [-0.15, -0.1) is 11.6 Å². The Hall–Kier alpha value is -5.87. The lowest BCUT2D eigenvalue weighted by atomic mass is 9.78. The van der Waals surface area contributed by atoms with Gasteiger partial charge in [0, 0.05) is 79.9 Å². The minimum Gasteiger partial charge on any atom is -0.379 e. The van der Waals surface area contributed by atoms with Gasteiger partial charge in [-0.3, -0.25) is 52.7 Å². The fraction of sp³-hybridized carbons (Fsp3) is 0.845. The normalized spacial score (nSPS) is 32.1. The van der Waals surface area contributed by atoms with Crippen LogP contribution in [-0.2, 0) is 62.2 Å². The van der Waals surface area contributed by atoms with Gasteiger partial charge >= 0.3 is 6.18 Å². The summed E-state index contributed by atoms with van der Waals surface area (Å²) >= 11 is 6.39. The second-order valence-corrected chi connectivity index (χ2v) is 30.9. The first-order chi connectivity index (χ1) is 47.1. The van der Waals surface area contributed by atoms with Crippen LogP contribution in [0.5, 0.6) is 0 Å². The smallest absolute Gasteiger partial charge is 0.379 e. The lowest BCUT2D eigenvalue weighted by Crippen LogP contribution is -2.65. The van der Waals surface area contributed by atoms with Crippen LogP contribution in [0.3, 0.4) is 0 Å². The summed E-state index contributed by atoms with van der Waals surface area (Å²) in [4.78, 5) is 178. The standard InChI is InChI=1S/C71H116ClF3N12O13/c1-15-33-99-41-56-64(93)79(9)38-57(88)77-52(27-23-46-22-26-50(51(72)35-46)71(73,74)75)63(92)85-31-20-21-53(85)61(90)78-70(29-18-19-30-70)69(98)84(14)60(44(7)17-3)68(97)82(12)55(66(95)87-47-24-25-48(87)40-100-39-47)36-58(89)81(11)49(34-42(4)5)37-76-59(43(6)16-2)67(96)80(10)45(8)62(91)86-32-28-54(86)65(94)83(56)13/h42-56,59-60,76H,15-41H2,1-14H3,(H,77,88)(H,78,90)/t43-,44-,45-,46?,47?,48?,49-,50?,51?,52-,53-,54-,55-,56-,59-,60-/m0/s1. The van der Waals surface area contributed by atoms with E-state index in [1.165, 1.54) is 64.6 Å². The highest BCUT2D eigenvalue weighted by atomic mass is 35.5. The van der Waals surface area contributed by atoms with Gasteiger partial charge in [0.15, 0.2) is 0 Å². The summed E-state index contributed by atoms with van der Waals surface area (Å²) in [6, 6.07) is -10.4. The van der Waals surface area contributed by atoms with E-state index in [2.05, 4.69) is 16.0 Å². The highest BCUT2D eigenvalue weighted by Crippen LogP contribution is 2.44. The number of carbonyl (C=O) groups excluding carboxylic acids is 11. The SMILES string of the molecule is CCCOC[C@H]1C(=O)N(C)CC(=O)N[C@@H](CCC2CCC(C(F)(F)F)C(Cl)C2)C(=O)N2CCC[C@H]2C(=O)NC2(CCCC2)C(=O)N(C)[C@@H]([C@@H](C)CC)C(=O)N(C)[C@H](C(=O)N2C3CCC2COC3)CC(=O)N(C)[C@@H](CC(C)C)CN[C@@H]([C@@H](C)CC)C(=O)N(C)[C@@H](C)C(=O)N2CC[C@H]2C(=O)N1C. The van der Waals surface area contributed by atoms with Crippen molar-refractivity contribution in [1.29, 1.82) is 0 Å². The van der Waals surface area contributed by atoms with Crippen LogP contribution in [0.4, 0.5) is 13.2 Å². The fourth-order valence-corrected chi connectivity index (χ4v) is 16.6. The molecule has 2 aliphatic carbocycles. The number of nitrogens with zero attached hydrogens (tertiary/aromatic N) is 9. The number of halogens is 4. The lowest BCUT2D eigenvalue weighted by molar-refractivity contribution is -0.182. The van der Waals surface area contributed by atoms with E-state index in [1.54, 1.807) is 23.8 Å². The molecule has 25 nitrogen and oxygen atoms in total. The van der Waals surface area contributed by atoms with Gasteiger partial charge < -0.3 is 69.5 Å². The Balaban J connectivity index is 1.27. The maximum Gasteiger partial charge on any atom is 0.393 e. The van der Waals surface area contributed by atoms with E-state index in [0.29, 0.717) is 57.8 Å². The Morgan fingerprint density at radius 1 is 0.700 bits per heavy atom. The quantitative estimate of drug-likeness (QED) is 0.156. The zero-order valence-electron chi connectivity index (χ0n) is 61.8.